The monoisotopic (exact) mass is 271 g/mol. The molecule has 1 aliphatic rings. The summed E-state index contributed by atoms with van der Waals surface area (Å²) >= 11 is 0. The smallest absolute Gasteiger partial charge is 0.127 e. The van der Waals surface area contributed by atoms with Gasteiger partial charge in [-0.05, 0) is 37.9 Å². The van der Waals surface area contributed by atoms with Gasteiger partial charge in [-0.2, -0.15) is 0 Å². The number of hydrogen-bond donors (Lipinski definition) is 1. The van der Waals surface area contributed by atoms with Gasteiger partial charge in [-0.15, -0.1) is 0 Å². The lowest BCUT2D eigenvalue weighted by Gasteiger charge is -2.14. The van der Waals surface area contributed by atoms with E-state index in [9.17, 15) is 0 Å². The lowest BCUT2D eigenvalue weighted by atomic mass is 10.2. The fraction of sp³-hybridized carbons (Fsp3) is 0.588. The molecular weight excluding hydrogens is 246 g/mol. The Kier molecular flexibility index (Phi) is 4.36. The number of rotatable bonds is 6. The summed E-state index contributed by atoms with van der Waals surface area (Å²) in [4.78, 5) is 4.89. The van der Waals surface area contributed by atoms with Crippen LogP contribution in [0.4, 0.5) is 0 Å². The van der Waals surface area contributed by atoms with Crippen LogP contribution in [0, 0.1) is 0 Å². The van der Waals surface area contributed by atoms with Crippen LogP contribution in [0.3, 0.4) is 0 Å². The SMILES string of the molecule is CCCCCCn1c(C2CCCN2)nc2ccccc21. The normalized spacial score (nSPS) is 18.9. The van der Waals surface area contributed by atoms with Crippen LogP contribution in [0.15, 0.2) is 24.3 Å². The van der Waals surface area contributed by atoms with E-state index in [0.717, 1.165) is 18.6 Å². The molecule has 3 heteroatoms. The highest BCUT2D eigenvalue weighted by Crippen LogP contribution is 2.27. The number of aromatic nitrogens is 2. The summed E-state index contributed by atoms with van der Waals surface area (Å²) in [7, 11) is 0. The van der Waals surface area contributed by atoms with Crippen molar-refractivity contribution in [3.63, 3.8) is 0 Å². The molecule has 1 aromatic carbocycles. The van der Waals surface area contributed by atoms with Crippen LogP contribution in [0.1, 0.15) is 57.3 Å². The summed E-state index contributed by atoms with van der Waals surface area (Å²) in [5.74, 6) is 1.25. The molecule has 1 fully saturated rings. The molecule has 1 N–H and O–H groups in total. The van der Waals surface area contributed by atoms with Gasteiger partial charge in [0.2, 0.25) is 0 Å². The van der Waals surface area contributed by atoms with Gasteiger partial charge in [0.15, 0.2) is 0 Å². The van der Waals surface area contributed by atoms with Gasteiger partial charge in [0.1, 0.15) is 5.82 Å². The number of unbranched alkanes of at least 4 members (excludes halogenated alkanes) is 3. The zero-order chi connectivity index (χ0) is 13.8. The maximum Gasteiger partial charge on any atom is 0.127 e. The van der Waals surface area contributed by atoms with Crippen molar-refractivity contribution in [2.24, 2.45) is 0 Å². The second-order valence-electron chi connectivity index (χ2n) is 5.82. The first kappa shape index (κ1) is 13.6. The predicted octanol–water partition coefficient (Wildman–Crippen LogP) is 4.04. The van der Waals surface area contributed by atoms with E-state index in [1.807, 2.05) is 0 Å². The Hall–Kier alpha value is -1.35. The predicted molar refractivity (Wildman–Crippen MR) is 83.9 cm³/mol. The molecule has 0 bridgehead atoms. The number of para-hydroxylation sites is 2. The average Bonchev–Trinajstić information content (AvgIpc) is 3.11. The van der Waals surface area contributed by atoms with Crippen LogP contribution >= 0.6 is 0 Å². The molecule has 0 radical (unpaired) electrons. The molecule has 20 heavy (non-hydrogen) atoms. The van der Waals surface area contributed by atoms with Gasteiger partial charge in [-0.3, -0.25) is 0 Å². The summed E-state index contributed by atoms with van der Waals surface area (Å²) in [6.45, 7) is 4.50. The van der Waals surface area contributed by atoms with Crippen molar-refractivity contribution >= 4 is 11.0 Å². The number of nitrogens with one attached hydrogen (secondary N) is 1. The Bertz CT molecular complexity index is 552. The molecule has 1 unspecified atom stereocenters. The summed E-state index contributed by atoms with van der Waals surface area (Å²) < 4.78 is 2.45. The van der Waals surface area contributed by atoms with Crippen LogP contribution in [0.5, 0.6) is 0 Å². The molecule has 3 rings (SSSR count). The Morgan fingerprint density at radius 2 is 2.15 bits per heavy atom. The Morgan fingerprint density at radius 3 is 2.95 bits per heavy atom. The maximum atomic E-state index is 4.89. The molecule has 1 aliphatic heterocycles. The lowest BCUT2D eigenvalue weighted by Crippen LogP contribution is -2.18. The van der Waals surface area contributed by atoms with E-state index >= 15 is 0 Å². The largest absolute Gasteiger partial charge is 0.327 e. The van der Waals surface area contributed by atoms with Crippen molar-refractivity contribution in [3.8, 4) is 0 Å². The van der Waals surface area contributed by atoms with Crippen molar-refractivity contribution in [1.82, 2.24) is 14.9 Å². The number of hydrogen-bond acceptors (Lipinski definition) is 2. The van der Waals surface area contributed by atoms with E-state index in [1.165, 1.54) is 49.9 Å². The fourth-order valence-corrected chi connectivity index (χ4v) is 3.20. The highest BCUT2D eigenvalue weighted by molar-refractivity contribution is 5.76. The first-order valence-electron chi connectivity index (χ1n) is 8.08. The highest BCUT2D eigenvalue weighted by Gasteiger charge is 2.22. The molecule has 0 spiro atoms. The van der Waals surface area contributed by atoms with E-state index in [0.29, 0.717) is 6.04 Å². The minimum atomic E-state index is 0.452. The first-order chi connectivity index (χ1) is 9.90. The zero-order valence-corrected chi connectivity index (χ0v) is 12.4. The number of nitrogens with zero attached hydrogens (tertiary/aromatic N) is 2. The lowest BCUT2D eigenvalue weighted by molar-refractivity contribution is 0.525. The van der Waals surface area contributed by atoms with E-state index in [-0.39, 0.29) is 0 Å². The number of fused-ring (bicyclic) bond motifs is 1. The van der Waals surface area contributed by atoms with E-state index in [2.05, 4.69) is 41.1 Å². The van der Waals surface area contributed by atoms with Crippen LogP contribution in [-0.2, 0) is 6.54 Å². The molecule has 0 amide bonds. The van der Waals surface area contributed by atoms with Crippen molar-refractivity contribution in [2.45, 2.75) is 58.0 Å². The molecule has 2 heterocycles. The van der Waals surface area contributed by atoms with E-state index in [1.54, 1.807) is 0 Å². The van der Waals surface area contributed by atoms with Gasteiger partial charge < -0.3 is 9.88 Å². The third kappa shape index (κ3) is 2.73. The summed E-state index contributed by atoms with van der Waals surface area (Å²) in [5.41, 5.74) is 2.44. The molecule has 108 valence electrons. The third-order valence-electron chi connectivity index (χ3n) is 4.29. The van der Waals surface area contributed by atoms with Crippen molar-refractivity contribution in [3.05, 3.63) is 30.1 Å². The van der Waals surface area contributed by atoms with Crippen LogP contribution < -0.4 is 5.32 Å². The van der Waals surface area contributed by atoms with Gasteiger partial charge in [-0.1, -0.05) is 38.3 Å². The topological polar surface area (TPSA) is 29.9 Å². The fourth-order valence-electron chi connectivity index (χ4n) is 3.20. The molecule has 3 nitrogen and oxygen atoms in total. The Labute approximate surface area is 121 Å². The summed E-state index contributed by atoms with van der Waals surface area (Å²) in [6.07, 6.45) is 7.70. The van der Waals surface area contributed by atoms with E-state index < -0.39 is 0 Å². The number of imidazole rings is 1. The van der Waals surface area contributed by atoms with Crippen molar-refractivity contribution in [1.29, 1.82) is 0 Å². The average molecular weight is 271 g/mol. The molecule has 1 saturated heterocycles. The number of benzene rings is 1. The summed E-state index contributed by atoms with van der Waals surface area (Å²) in [5, 5.41) is 3.59. The van der Waals surface area contributed by atoms with E-state index in [4.69, 9.17) is 4.98 Å². The van der Waals surface area contributed by atoms with Gasteiger partial charge in [-0.25, -0.2) is 4.98 Å². The number of aryl methyl sites for hydroxylation is 1. The van der Waals surface area contributed by atoms with Gasteiger partial charge in [0.05, 0.1) is 17.1 Å². The highest BCUT2D eigenvalue weighted by atomic mass is 15.1. The molecule has 1 atom stereocenters. The second-order valence-corrected chi connectivity index (χ2v) is 5.82. The van der Waals surface area contributed by atoms with Crippen molar-refractivity contribution < 1.29 is 0 Å². The quantitative estimate of drug-likeness (QED) is 0.804. The molecule has 0 aliphatic carbocycles. The third-order valence-corrected chi connectivity index (χ3v) is 4.29. The second kappa shape index (κ2) is 6.40. The van der Waals surface area contributed by atoms with Crippen LogP contribution in [0.25, 0.3) is 11.0 Å². The van der Waals surface area contributed by atoms with Gasteiger partial charge in [0.25, 0.3) is 0 Å². The standard InChI is InChI=1S/C17H25N3/c1-2-3-4-7-13-20-16-11-6-5-9-14(16)19-17(20)15-10-8-12-18-15/h5-6,9,11,15,18H,2-4,7-8,10,12-13H2,1H3. The van der Waals surface area contributed by atoms with Crippen LogP contribution in [-0.4, -0.2) is 16.1 Å². The minimum absolute atomic E-state index is 0.452. The molecule has 1 aromatic heterocycles. The Balaban J connectivity index is 1.87. The molecule has 2 aromatic rings. The van der Waals surface area contributed by atoms with Gasteiger partial charge >= 0.3 is 0 Å². The van der Waals surface area contributed by atoms with Crippen molar-refractivity contribution in [2.75, 3.05) is 6.54 Å². The Morgan fingerprint density at radius 1 is 1.25 bits per heavy atom. The molecule has 0 saturated carbocycles. The minimum Gasteiger partial charge on any atom is -0.327 e. The first-order valence-corrected chi connectivity index (χ1v) is 8.08. The zero-order valence-electron chi connectivity index (χ0n) is 12.4. The summed E-state index contributed by atoms with van der Waals surface area (Å²) in [6, 6.07) is 9.01. The maximum absolute atomic E-state index is 4.89. The molecular formula is C17H25N3. The van der Waals surface area contributed by atoms with Gasteiger partial charge in [0, 0.05) is 6.54 Å². The van der Waals surface area contributed by atoms with Crippen LogP contribution in [0.2, 0.25) is 0 Å².